The summed E-state index contributed by atoms with van der Waals surface area (Å²) in [6.07, 6.45) is 1.91. The van der Waals surface area contributed by atoms with Crippen molar-refractivity contribution in [1.82, 2.24) is 9.97 Å². The number of ketones is 1. The highest BCUT2D eigenvalue weighted by Crippen LogP contribution is 2.14. The number of carbonyl (C=O) groups excluding carboxylic acids is 1. The molecule has 0 atom stereocenters. The highest BCUT2D eigenvalue weighted by Gasteiger charge is 2.09. The van der Waals surface area contributed by atoms with Gasteiger partial charge in [-0.2, -0.15) is 0 Å². The molecule has 92 valence electrons. The molecule has 0 unspecified atom stereocenters. The average molecular weight is 242 g/mol. The van der Waals surface area contributed by atoms with Gasteiger partial charge in [0.05, 0.1) is 7.11 Å². The molecule has 2 rings (SSSR count). The van der Waals surface area contributed by atoms with Gasteiger partial charge in [-0.3, -0.25) is 4.79 Å². The summed E-state index contributed by atoms with van der Waals surface area (Å²) >= 11 is 0. The van der Waals surface area contributed by atoms with E-state index in [1.807, 2.05) is 24.3 Å². The maximum atomic E-state index is 12.0. The van der Waals surface area contributed by atoms with Gasteiger partial charge in [0.2, 0.25) is 0 Å². The Bertz CT molecular complexity index is 567. The summed E-state index contributed by atoms with van der Waals surface area (Å²) in [5.41, 5.74) is 1.36. The van der Waals surface area contributed by atoms with Crippen molar-refractivity contribution in [3.05, 3.63) is 53.6 Å². The minimum atomic E-state index is -0.0197. The maximum Gasteiger partial charge on any atom is 0.185 e. The molecule has 18 heavy (non-hydrogen) atoms. The molecule has 0 saturated carbocycles. The number of nitrogens with zero attached hydrogens (tertiary/aromatic N) is 2. The molecule has 0 aliphatic carbocycles. The van der Waals surface area contributed by atoms with Gasteiger partial charge < -0.3 is 4.74 Å². The van der Waals surface area contributed by atoms with Crippen LogP contribution in [0.2, 0.25) is 0 Å². The van der Waals surface area contributed by atoms with E-state index in [2.05, 4.69) is 9.97 Å². The van der Waals surface area contributed by atoms with Gasteiger partial charge in [0.25, 0.3) is 0 Å². The van der Waals surface area contributed by atoms with E-state index in [0.717, 1.165) is 11.3 Å². The summed E-state index contributed by atoms with van der Waals surface area (Å²) in [6.45, 7) is 1.77. The summed E-state index contributed by atoms with van der Waals surface area (Å²) in [4.78, 5) is 20.1. The largest absolute Gasteiger partial charge is 0.497 e. The second-order valence-corrected chi connectivity index (χ2v) is 3.94. The lowest BCUT2D eigenvalue weighted by molar-refractivity contribution is 0.0988. The van der Waals surface area contributed by atoms with Crippen molar-refractivity contribution in [2.24, 2.45) is 0 Å². The van der Waals surface area contributed by atoms with Gasteiger partial charge in [-0.1, -0.05) is 12.1 Å². The fourth-order valence-electron chi connectivity index (χ4n) is 1.67. The third kappa shape index (κ3) is 2.91. The molecule has 1 heterocycles. The molecule has 0 amide bonds. The Morgan fingerprint density at radius 3 is 2.89 bits per heavy atom. The van der Waals surface area contributed by atoms with Crippen molar-refractivity contribution in [2.45, 2.75) is 13.3 Å². The van der Waals surface area contributed by atoms with Crippen molar-refractivity contribution in [2.75, 3.05) is 7.11 Å². The molecular weight excluding hydrogens is 228 g/mol. The molecule has 0 bridgehead atoms. The fourth-order valence-corrected chi connectivity index (χ4v) is 1.67. The number of aromatic nitrogens is 2. The first-order valence-electron chi connectivity index (χ1n) is 5.65. The van der Waals surface area contributed by atoms with Crippen LogP contribution in [0.25, 0.3) is 0 Å². The molecule has 1 aromatic heterocycles. The van der Waals surface area contributed by atoms with E-state index in [1.165, 1.54) is 0 Å². The van der Waals surface area contributed by atoms with Crippen LogP contribution in [0.3, 0.4) is 0 Å². The third-order valence-corrected chi connectivity index (χ3v) is 2.56. The summed E-state index contributed by atoms with van der Waals surface area (Å²) in [6, 6.07) is 9.10. The van der Waals surface area contributed by atoms with E-state index < -0.39 is 0 Å². The van der Waals surface area contributed by atoms with Gasteiger partial charge in [-0.25, -0.2) is 9.97 Å². The molecule has 1 aromatic carbocycles. The van der Waals surface area contributed by atoms with Gasteiger partial charge in [-0.15, -0.1) is 0 Å². The van der Waals surface area contributed by atoms with Gasteiger partial charge in [0.15, 0.2) is 5.78 Å². The molecule has 0 fully saturated rings. The Hall–Kier alpha value is -2.23. The first kappa shape index (κ1) is 12.2. The zero-order valence-corrected chi connectivity index (χ0v) is 10.4. The number of ether oxygens (including phenoxy) is 1. The minimum Gasteiger partial charge on any atom is -0.497 e. The lowest BCUT2D eigenvalue weighted by Gasteiger charge is -2.04. The second kappa shape index (κ2) is 5.40. The van der Waals surface area contributed by atoms with Gasteiger partial charge in [0, 0.05) is 12.6 Å². The first-order valence-corrected chi connectivity index (χ1v) is 5.65. The van der Waals surface area contributed by atoms with Crippen LogP contribution in [0.1, 0.15) is 21.9 Å². The zero-order valence-electron chi connectivity index (χ0n) is 10.4. The number of hydrogen-bond donors (Lipinski definition) is 0. The highest BCUT2D eigenvalue weighted by molar-refractivity contribution is 5.95. The lowest BCUT2D eigenvalue weighted by atomic mass is 10.1. The SMILES string of the molecule is COc1cccc(CC(=O)c2ccnc(C)n2)c1. The second-order valence-electron chi connectivity index (χ2n) is 3.94. The van der Waals surface area contributed by atoms with Crippen LogP contribution in [-0.2, 0) is 6.42 Å². The Balaban J connectivity index is 2.16. The quantitative estimate of drug-likeness (QED) is 0.771. The monoisotopic (exact) mass is 242 g/mol. The standard InChI is InChI=1S/C14H14N2O2/c1-10-15-7-6-13(16-10)14(17)9-11-4-3-5-12(8-11)18-2/h3-8H,9H2,1-2H3. The minimum absolute atomic E-state index is 0.0197. The molecule has 4 nitrogen and oxygen atoms in total. The average Bonchev–Trinajstić information content (AvgIpc) is 2.39. The van der Waals surface area contributed by atoms with Crippen LogP contribution in [0.4, 0.5) is 0 Å². The third-order valence-electron chi connectivity index (χ3n) is 2.56. The predicted octanol–water partition coefficient (Wildman–Crippen LogP) is 2.22. The smallest absolute Gasteiger partial charge is 0.185 e. The Morgan fingerprint density at radius 2 is 2.17 bits per heavy atom. The summed E-state index contributed by atoms with van der Waals surface area (Å²) < 4.78 is 5.12. The van der Waals surface area contributed by atoms with E-state index in [1.54, 1.807) is 26.3 Å². The molecule has 0 aliphatic heterocycles. The Kier molecular flexibility index (Phi) is 3.67. The summed E-state index contributed by atoms with van der Waals surface area (Å²) in [5, 5.41) is 0. The molecule has 4 heteroatoms. The van der Waals surface area contributed by atoms with Crippen LogP contribution in [-0.4, -0.2) is 22.9 Å². The molecule has 0 radical (unpaired) electrons. The molecule has 2 aromatic rings. The molecule has 0 aliphatic rings. The van der Waals surface area contributed by atoms with Crippen molar-refractivity contribution in [3.63, 3.8) is 0 Å². The number of aryl methyl sites for hydroxylation is 1. The van der Waals surface area contributed by atoms with Crippen molar-refractivity contribution in [3.8, 4) is 5.75 Å². The zero-order chi connectivity index (χ0) is 13.0. The van der Waals surface area contributed by atoms with Gasteiger partial charge in [0.1, 0.15) is 17.3 Å². The van der Waals surface area contributed by atoms with Crippen molar-refractivity contribution >= 4 is 5.78 Å². The summed E-state index contributed by atoms with van der Waals surface area (Å²) in [5.74, 6) is 1.33. The highest BCUT2D eigenvalue weighted by atomic mass is 16.5. The number of methoxy groups -OCH3 is 1. The van der Waals surface area contributed by atoms with E-state index in [0.29, 0.717) is 17.9 Å². The first-order chi connectivity index (χ1) is 8.69. The van der Waals surface area contributed by atoms with Crippen LogP contribution in [0, 0.1) is 6.92 Å². The van der Waals surface area contributed by atoms with Crippen LogP contribution in [0.5, 0.6) is 5.75 Å². The fraction of sp³-hybridized carbons (Fsp3) is 0.214. The van der Waals surface area contributed by atoms with Crippen LogP contribution >= 0.6 is 0 Å². The van der Waals surface area contributed by atoms with E-state index in [4.69, 9.17) is 4.74 Å². The summed E-state index contributed by atoms with van der Waals surface area (Å²) in [7, 11) is 1.61. The van der Waals surface area contributed by atoms with Crippen LogP contribution in [0.15, 0.2) is 36.5 Å². The van der Waals surface area contributed by atoms with E-state index >= 15 is 0 Å². The number of hydrogen-bond acceptors (Lipinski definition) is 4. The van der Waals surface area contributed by atoms with Crippen molar-refractivity contribution in [1.29, 1.82) is 0 Å². The Morgan fingerprint density at radius 1 is 1.33 bits per heavy atom. The number of rotatable bonds is 4. The number of benzene rings is 1. The maximum absolute atomic E-state index is 12.0. The Labute approximate surface area is 106 Å². The molecule has 0 spiro atoms. The van der Waals surface area contributed by atoms with Crippen LogP contribution < -0.4 is 4.74 Å². The molecular formula is C14H14N2O2. The molecule has 0 N–H and O–H groups in total. The van der Waals surface area contributed by atoms with Gasteiger partial charge in [-0.05, 0) is 30.7 Å². The normalized spacial score (nSPS) is 10.1. The number of carbonyl (C=O) groups is 1. The topological polar surface area (TPSA) is 52.1 Å². The predicted molar refractivity (Wildman–Crippen MR) is 67.8 cm³/mol. The number of Topliss-reactive ketones (excluding diaryl/α,β-unsaturated/α-hetero) is 1. The van der Waals surface area contributed by atoms with E-state index in [-0.39, 0.29) is 5.78 Å². The molecule has 0 saturated heterocycles. The van der Waals surface area contributed by atoms with Crippen molar-refractivity contribution < 1.29 is 9.53 Å². The lowest BCUT2D eigenvalue weighted by Crippen LogP contribution is -2.07. The van der Waals surface area contributed by atoms with Gasteiger partial charge >= 0.3 is 0 Å². The van der Waals surface area contributed by atoms with E-state index in [9.17, 15) is 4.79 Å².